The Labute approximate surface area is 126 Å². The van der Waals surface area contributed by atoms with Crippen LogP contribution < -0.4 is 4.74 Å². The van der Waals surface area contributed by atoms with Crippen LogP contribution in [-0.4, -0.2) is 16.5 Å². The quantitative estimate of drug-likeness (QED) is 0.856. The minimum atomic E-state index is -4.84. The highest BCUT2D eigenvalue weighted by molar-refractivity contribution is 5.61. The van der Waals surface area contributed by atoms with Crippen molar-refractivity contribution >= 4 is 0 Å². The third-order valence-electron chi connectivity index (χ3n) is 2.85. The summed E-state index contributed by atoms with van der Waals surface area (Å²) in [6.45, 7) is -0.848. The molecule has 0 radical (unpaired) electrons. The smallest absolute Gasteiger partial charge is 0.406 e. The number of aliphatic hydroxyl groups excluding tert-OH is 1. The molecule has 0 bridgehead atoms. The van der Waals surface area contributed by atoms with Crippen molar-refractivity contribution < 1.29 is 36.2 Å². The normalized spacial score (nSPS) is 12.3. The molecule has 9 heteroatoms. The Kier molecular flexibility index (Phi) is 4.51. The van der Waals surface area contributed by atoms with Gasteiger partial charge in [-0.25, -0.2) is 0 Å². The van der Waals surface area contributed by atoms with Gasteiger partial charge in [-0.15, -0.1) is 13.2 Å². The van der Waals surface area contributed by atoms with Crippen LogP contribution in [0.2, 0.25) is 0 Å². The zero-order valence-electron chi connectivity index (χ0n) is 11.2. The number of hydrogen-bond donors (Lipinski definition) is 1. The summed E-state index contributed by atoms with van der Waals surface area (Å²) >= 11 is 0. The molecular formula is C14H9F6NO2. The Balaban J connectivity index is 2.32. The van der Waals surface area contributed by atoms with E-state index in [1.807, 2.05) is 0 Å². The summed E-state index contributed by atoms with van der Waals surface area (Å²) < 4.78 is 78.0. The lowest BCUT2D eigenvalue weighted by molar-refractivity contribution is -0.274. The minimum Gasteiger partial charge on any atom is -0.406 e. The number of halogens is 6. The zero-order chi connectivity index (χ0) is 17.3. The third-order valence-corrected chi connectivity index (χ3v) is 2.85. The molecule has 1 N–H and O–H groups in total. The summed E-state index contributed by atoms with van der Waals surface area (Å²) in [5.41, 5.74) is -1.08. The molecule has 0 amide bonds. The predicted octanol–water partition coefficient (Wildman–Crippen LogP) is 4.16. The molecule has 0 saturated carbocycles. The molecule has 0 spiro atoms. The number of aromatic nitrogens is 1. The Morgan fingerprint density at radius 2 is 1.61 bits per heavy atom. The van der Waals surface area contributed by atoms with Gasteiger partial charge >= 0.3 is 12.5 Å². The van der Waals surface area contributed by atoms with E-state index in [9.17, 15) is 26.3 Å². The van der Waals surface area contributed by atoms with Crippen molar-refractivity contribution in [3.8, 4) is 17.0 Å². The van der Waals surface area contributed by atoms with Crippen molar-refractivity contribution in [3.05, 3.63) is 47.7 Å². The van der Waals surface area contributed by atoms with Crippen LogP contribution in [0, 0.1) is 0 Å². The van der Waals surface area contributed by atoms with E-state index in [2.05, 4.69) is 9.72 Å². The van der Waals surface area contributed by atoms with Gasteiger partial charge < -0.3 is 9.84 Å². The van der Waals surface area contributed by atoms with E-state index in [1.165, 1.54) is 12.1 Å². The molecule has 2 aromatic rings. The minimum absolute atomic E-state index is 0.0839. The second kappa shape index (κ2) is 6.07. The summed E-state index contributed by atoms with van der Waals surface area (Å²) in [6, 6.07) is 5.50. The number of nitrogens with zero attached hydrogens (tertiary/aromatic N) is 1. The summed E-state index contributed by atoms with van der Waals surface area (Å²) in [7, 11) is 0. The number of alkyl halides is 6. The van der Waals surface area contributed by atoms with Crippen LogP contribution in [-0.2, 0) is 12.8 Å². The van der Waals surface area contributed by atoms with E-state index in [4.69, 9.17) is 5.11 Å². The fourth-order valence-electron chi connectivity index (χ4n) is 1.87. The molecule has 0 unspecified atom stereocenters. The van der Waals surface area contributed by atoms with E-state index in [1.54, 1.807) is 0 Å². The lowest BCUT2D eigenvalue weighted by Gasteiger charge is -2.13. The summed E-state index contributed by atoms with van der Waals surface area (Å²) in [5.74, 6) is -0.462. The van der Waals surface area contributed by atoms with Gasteiger partial charge in [0.15, 0.2) is 0 Å². The maximum Gasteiger partial charge on any atom is 0.573 e. The van der Waals surface area contributed by atoms with Crippen molar-refractivity contribution in [2.24, 2.45) is 0 Å². The fraction of sp³-hybridized carbons (Fsp3) is 0.214. The molecule has 3 nitrogen and oxygen atoms in total. The average Bonchev–Trinajstić information content (AvgIpc) is 2.44. The molecule has 2 rings (SSSR count). The highest BCUT2D eigenvalue weighted by Gasteiger charge is 2.34. The van der Waals surface area contributed by atoms with Crippen LogP contribution in [0.3, 0.4) is 0 Å². The molecule has 0 fully saturated rings. The molecule has 0 saturated heterocycles. The fourth-order valence-corrected chi connectivity index (χ4v) is 1.87. The summed E-state index contributed by atoms with van der Waals surface area (Å²) in [5, 5.41) is 9.05. The molecule has 1 aromatic heterocycles. The van der Waals surface area contributed by atoms with Gasteiger partial charge in [0.2, 0.25) is 0 Å². The van der Waals surface area contributed by atoms with Gasteiger partial charge in [0.25, 0.3) is 0 Å². The molecule has 124 valence electrons. The predicted molar refractivity (Wildman–Crippen MR) is 67.3 cm³/mol. The van der Waals surface area contributed by atoms with Crippen molar-refractivity contribution in [3.63, 3.8) is 0 Å². The largest absolute Gasteiger partial charge is 0.573 e. The average molecular weight is 337 g/mol. The second-order valence-electron chi connectivity index (χ2n) is 4.45. The van der Waals surface area contributed by atoms with Crippen LogP contribution in [0.25, 0.3) is 11.3 Å². The molecule has 0 aliphatic carbocycles. The molecule has 0 atom stereocenters. The van der Waals surface area contributed by atoms with Gasteiger partial charge in [0.05, 0.1) is 17.9 Å². The zero-order valence-corrected chi connectivity index (χ0v) is 11.2. The first-order valence-electron chi connectivity index (χ1n) is 6.13. The van der Waals surface area contributed by atoms with Crippen LogP contribution in [0.15, 0.2) is 36.5 Å². The van der Waals surface area contributed by atoms with Crippen LogP contribution >= 0.6 is 0 Å². The van der Waals surface area contributed by atoms with Crippen molar-refractivity contribution in [2.75, 3.05) is 0 Å². The molecule has 1 aromatic carbocycles. The van der Waals surface area contributed by atoms with E-state index in [-0.39, 0.29) is 16.8 Å². The van der Waals surface area contributed by atoms with Gasteiger partial charge in [0.1, 0.15) is 5.75 Å². The monoisotopic (exact) mass is 337 g/mol. The second-order valence-corrected chi connectivity index (χ2v) is 4.45. The molecule has 0 aliphatic heterocycles. The van der Waals surface area contributed by atoms with E-state index in [0.29, 0.717) is 6.20 Å². The van der Waals surface area contributed by atoms with Gasteiger partial charge in [0, 0.05) is 11.8 Å². The van der Waals surface area contributed by atoms with Crippen LogP contribution in [0.1, 0.15) is 11.1 Å². The third kappa shape index (κ3) is 4.35. The first-order chi connectivity index (χ1) is 10.6. The van der Waals surface area contributed by atoms with E-state index in [0.717, 1.165) is 18.2 Å². The molecule has 0 aliphatic rings. The molecular weight excluding hydrogens is 328 g/mol. The maximum atomic E-state index is 12.7. The number of rotatable bonds is 3. The van der Waals surface area contributed by atoms with Crippen LogP contribution in [0.5, 0.6) is 5.75 Å². The van der Waals surface area contributed by atoms with Gasteiger partial charge in [-0.3, -0.25) is 4.98 Å². The number of aliphatic hydroxyl groups is 1. The Hall–Kier alpha value is -2.29. The Morgan fingerprint density at radius 3 is 2.09 bits per heavy atom. The number of benzene rings is 1. The maximum absolute atomic E-state index is 12.7. The van der Waals surface area contributed by atoms with E-state index >= 15 is 0 Å². The summed E-state index contributed by atoms with van der Waals surface area (Å²) in [6.07, 6.45) is -8.92. The lowest BCUT2D eigenvalue weighted by Crippen LogP contribution is -2.16. The standard InChI is InChI=1S/C14H9F6NO2/c15-13(16,17)11-6-21-12(5-9(11)7-22)8-1-3-10(4-2-8)23-14(18,19)20/h1-6,22H,7H2. The SMILES string of the molecule is OCc1cc(-c2ccc(OC(F)(F)F)cc2)ncc1C(F)(F)F. The highest BCUT2D eigenvalue weighted by atomic mass is 19.4. The topological polar surface area (TPSA) is 42.4 Å². The summed E-state index contributed by atoms with van der Waals surface area (Å²) in [4.78, 5) is 3.63. The first kappa shape index (κ1) is 17.1. The van der Waals surface area contributed by atoms with Gasteiger partial charge in [-0.2, -0.15) is 13.2 Å². The van der Waals surface area contributed by atoms with E-state index < -0.39 is 30.5 Å². The van der Waals surface area contributed by atoms with Crippen LogP contribution in [0.4, 0.5) is 26.3 Å². The first-order valence-corrected chi connectivity index (χ1v) is 6.13. The number of hydrogen-bond acceptors (Lipinski definition) is 3. The number of ether oxygens (including phenoxy) is 1. The molecule has 23 heavy (non-hydrogen) atoms. The Bertz CT molecular complexity index is 679. The lowest BCUT2D eigenvalue weighted by atomic mass is 10.1. The van der Waals surface area contributed by atoms with Crippen molar-refractivity contribution in [2.45, 2.75) is 19.1 Å². The van der Waals surface area contributed by atoms with Gasteiger partial charge in [-0.05, 0) is 35.9 Å². The van der Waals surface area contributed by atoms with Crippen molar-refractivity contribution in [1.29, 1.82) is 0 Å². The molecule has 1 heterocycles. The highest BCUT2D eigenvalue weighted by Crippen LogP contribution is 2.33. The Morgan fingerprint density at radius 1 is 1.00 bits per heavy atom. The number of pyridine rings is 1. The van der Waals surface area contributed by atoms with Crippen molar-refractivity contribution in [1.82, 2.24) is 4.98 Å². The van der Waals surface area contributed by atoms with Gasteiger partial charge in [-0.1, -0.05) is 0 Å².